The number of rotatable bonds is 3. The number of carboxylic acids is 1. The van der Waals surface area contributed by atoms with Gasteiger partial charge in [0.2, 0.25) is 5.91 Å². The van der Waals surface area contributed by atoms with E-state index in [1.807, 2.05) is 0 Å². The van der Waals surface area contributed by atoms with E-state index in [1.54, 1.807) is 9.80 Å². The molecule has 0 bridgehead atoms. The van der Waals surface area contributed by atoms with Gasteiger partial charge in [0.1, 0.15) is 5.82 Å². The molecule has 2 amide bonds. The summed E-state index contributed by atoms with van der Waals surface area (Å²) in [5, 5.41) is 8.95. The fourth-order valence-electron chi connectivity index (χ4n) is 2.94. The van der Waals surface area contributed by atoms with Crippen molar-refractivity contribution in [2.75, 3.05) is 26.2 Å². The van der Waals surface area contributed by atoms with Gasteiger partial charge in [-0.15, -0.1) is 0 Å². The zero-order chi connectivity index (χ0) is 17.4. The van der Waals surface area contributed by atoms with Gasteiger partial charge in [0.25, 0.3) is 5.91 Å². The van der Waals surface area contributed by atoms with Crippen LogP contribution in [0.15, 0.2) is 18.2 Å². The molecular formula is C16H16ClFN2O4. The first kappa shape index (κ1) is 16.7. The molecule has 1 saturated heterocycles. The second-order valence-electron chi connectivity index (χ2n) is 6.03. The third-order valence-corrected chi connectivity index (χ3v) is 4.78. The molecule has 3 rings (SSSR count). The van der Waals surface area contributed by atoms with Gasteiger partial charge in [-0.1, -0.05) is 11.6 Å². The fraction of sp³-hybridized carbons (Fsp3) is 0.438. The maximum Gasteiger partial charge on any atom is 0.307 e. The number of aliphatic carboxylic acids is 1. The van der Waals surface area contributed by atoms with E-state index in [-0.39, 0.29) is 22.4 Å². The minimum absolute atomic E-state index is 0.0563. The summed E-state index contributed by atoms with van der Waals surface area (Å²) in [7, 11) is 0. The number of piperazine rings is 1. The molecular weight excluding hydrogens is 339 g/mol. The van der Waals surface area contributed by atoms with Gasteiger partial charge in [-0.2, -0.15) is 0 Å². The summed E-state index contributed by atoms with van der Waals surface area (Å²) >= 11 is 5.91. The van der Waals surface area contributed by atoms with Crippen LogP contribution in [0.4, 0.5) is 4.39 Å². The van der Waals surface area contributed by atoms with Gasteiger partial charge in [0.05, 0.1) is 22.4 Å². The standard InChI is InChI=1S/C16H16ClFN2O4/c17-13-7-9(18)1-2-10(13)14(21)19-3-5-20(6-4-19)15(22)11-8-12(11)16(23)24/h1-2,7,11-12H,3-6,8H2,(H,23,24). The van der Waals surface area contributed by atoms with Crippen LogP contribution in [0.5, 0.6) is 0 Å². The SMILES string of the molecule is O=C(O)C1CC1C(=O)N1CCN(C(=O)c2ccc(F)cc2Cl)CC1. The van der Waals surface area contributed by atoms with E-state index in [9.17, 15) is 18.8 Å². The number of amides is 2. The van der Waals surface area contributed by atoms with Crippen molar-refractivity contribution in [1.82, 2.24) is 9.80 Å². The molecule has 1 heterocycles. The molecule has 24 heavy (non-hydrogen) atoms. The third kappa shape index (κ3) is 3.21. The smallest absolute Gasteiger partial charge is 0.307 e. The molecule has 8 heteroatoms. The highest BCUT2D eigenvalue weighted by atomic mass is 35.5. The Bertz CT molecular complexity index is 703. The Balaban J connectivity index is 1.58. The summed E-state index contributed by atoms with van der Waals surface area (Å²) in [6, 6.07) is 3.62. The molecule has 1 aromatic rings. The number of hydrogen-bond acceptors (Lipinski definition) is 3. The fourth-order valence-corrected chi connectivity index (χ4v) is 3.19. The number of carbonyl (C=O) groups is 3. The van der Waals surface area contributed by atoms with Gasteiger partial charge in [0.15, 0.2) is 0 Å². The van der Waals surface area contributed by atoms with Crippen molar-refractivity contribution in [3.8, 4) is 0 Å². The van der Waals surface area contributed by atoms with Gasteiger partial charge >= 0.3 is 5.97 Å². The average molecular weight is 355 g/mol. The molecule has 0 spiro atoms. The van der Waals surface area contributed by atoms with Gasteiger partial charge in [-0.05, 0) is 24.6 Å². The molecule has 1 aliphatic carbocycles. The van der Waals surface area contributed by atoms with Gasteiger partial charge in [-0.3, -0.25) is 14.4 Å². The van der Waals surface area contributed by atoms with Crippen molar-refractivity contribution in [3.63, 3.8) is 0 Å². The van der Waals surface area contributed by atoms with Crippen molar-refractivity contribution in [2.45, 2.75) is 6.42 Å². The van der Waals surface area contributed by atoms with Gasteiger partial charge in [0, 0.05) is 26.2 Å². The molecule has 1 aliphatic heterocycles. The molecule has 6 nitrogen and oxygen atoms in total. The van der Waals surface area contributed by atoms with Crippen LogP contribution in [0.25, 0.3) is 0 Å². The highest BCUT2D eigenvalue weighted by molar-refractivity contribution is 6.33. The van der Waals surface area contributed by atoms with E-state index in [0.717, 1.165) is 6.07 Å². The maximum atomic E-state index is 13.1. The molecule has 2 unspecified atom stereocenters. The molecule has 1 aromatic carbocycles. The summed E-state index contributed by atoms with van der Waals surface area (Å²) in [6.45, 7) is 1.38. The topological polar surface area (TPSA) is 77.9 Å². The summed E-state index contributed by atoms with van der Waals surface area (Å²) < 4.78 is 13.1. The van der Waals surface area contributed by atoms with E-state index in [1.165, 1.54) is 12.1 Å². The average Bonchev–Trinajstić information content (AvgIpc) is 3.35. The monoisotopic (exact) mass is 354 g/mol. The van der Waals surface area contributed by atoms with Gasteiger partial charge < -0.3 is 14.9 Å². The summed E-state index contributed by atoms with van der Waals surface area (Å²) in [5.41, 5.74) is 0.228. The van der Waals surface area contributed by atoms with Crippen LogP contribution in [0, 0.1) is 17.7 Å². The second kappa shape index (κ2) is 6.39. The zero-order valence-corrected chi connectivity index (χ0v) is 13.5. The Morgan fingerprint density at radius 3 is 2.25 bits per heavy atom. The Morgan fingerprint density at radius 2 is 1.71 bits per heavy atom. The van der Waals surface area contributed by atoms with Crippen LogP contribution in [-0.4, -0.2) is 58.9 Å². The lowest BCUT2D eigenvalue weighted by molar-refractivity contribution is -0.142. The normalized spacial score (nSPS) is 23.1. The summed E-state index contributed by atoms with van der Waals surface area (Å²) in [6.07, 6.45) is 0.387. The van der Waals surface area contributed by atoms with Crippen LogP contribution >= 0.6 is 11.6 Å². The summed E-state index contributed by atoms with van der Waals surface area (Å²) in [5.74, 6) is -2.92. The highest BCUT2D eigenvalue weighted by Crippen LogP contribution is 2.40. The molecule has 2 aliphatic rings. The molecule has 0 radical (unpaired) electrons. The molecule has 2 fully saturated rings. The molecule has 2 atom stereocenters. The van der Waals surface area contributed by atoms with E-state index in [0.29, 0.717) is 32.6 Å². The number of nitrogens with zero attached hydrogens (tertiary/aromatic N) is 2. The van der Waals surface area contributed by atoms with E-state index in [2.05, 4.69) is 0 Å². The number of hydrogen-bond donors (Lipinski definition) is 1. The zero-order valence-electron chi connectivity index (χ0n) is 12.7. The Labute approximate surface area is 142 Å². The van der Waals surface area contributed by atoms with Crippen molar-refractivity contribution < 1.29 is 23.9 Å². The first-order valence-corrected chi connectivity index (χ1v) is 8.02. The Hall–Kier alpha value is -2.15. The summed E-state index contributed by atoms with van der Waals surface area (Å²) in [4.78, 5) is 38.7. The number of carbonyl (C=O) groups excluding carboxylic acids is 2. The van der Waals surface area contributed by atoms with Gasteiger partial charge in [-0.25, -0.2) is 4.39 Å². The first-order chi connectivity index (χ1) is 11.4. The number of carboxylic acid groups (broad SMARTS) is 1. The van der Waals surface area contributed by atoms with E-state index >= 15 is 0 Å². The van der Waals surface area contributed by atoms with Crippen LogP contribution in [0.3, 0.4) is 0 Å². The van der Waals surface area contributed by atoms with Crippen LogP contribution in [0.1, 0.15) is 16.8 Å². The van der Waals surface area contributed by atoms with E-state index in [4.69, 9.17) is 16.7 Å². The van der Waals surface area contributed by atoms with E-state index < -0.39 is 23.6 Å². The second-order valence-corrected chi connectivity index (χ2v) is 6.44. The Morgan fingerprint density at radius 1 is 1.08 bits per heavy atom. The molecule has 0 aromatic heterocycles. The van der Waals surface area contributed by atoms with Crippen molar-refractivity contribution in [3.05, 3.63) is 34.6 Å². The largest absolute Gasteiger partial charge is 0.481 e. The predicted molar refractivity (Wildman–Crippen MR) is 83.1 cm³/mol. The first-order valence-electron chi connectivity index (χ1n) is 7.64. The predicted octanol–water partition coefficient (Wildman–Crippen LogP) is 1.48. The number of benzene rings is 1. The lowest BCUT2D eigenvalue weighted by Crippen LogP contribution is -2.51. The van der Waals surface area contributed by atoms with Crippen molar-refractivity contribution in [2.24, 2.45) is 11.8 Å². The Kier molecular flexibility index (Phi) is 4.45. The van der Waals surface area contributed by atoms with Crippen molar-refractivity contribution in [1.29, 1.82) is 0 Å². The molecule has 1 N–H and O–H groups in total. The minimum atomic E-state index is -0.937. The number of halogens is 2. The lowest BCUT2D eigenvalue weighted by atomic mass is 10.1. The van der Waals surface area contributed by atoms with Crippen LogP contribution in [-0.2, 0) is 9.59 Å². The lowest BCUT2D eigenvalue weighted by Gasteiger charge is -2.35. The minimum Gasteiger partial charge on any atom is -0.481 e. The molecule has 128 valence electrons. The quantitative estimate of drug-likeness (QED) is 0.892. The highest BCUT2D eigenvalue weighted by Gasteiger charge is 2.50. The van der Waals surface area contributed by atoms with Crippen LogP contribution in [0.2, 0.25) is 5.02 Å². The molecule has 1 saturated carbocycles. The third-order valence-electron chi connectivity index (χ3n) is 4.46. The van der Waals surface area contributed by atoms with Crippen LogP contribution < -0.4 is 0 Å². The maximum absolute atomic E-state index is 13.1. The van der Waals surface area contributed by atoms with Crippen molar-refractivity contribution >= 4 is 29.4 Å².